The summed E-state index contributed by atoms with van der Waals surface area (Å²) in [7, 11) is -2.90. The highest BCUT2D eigenvalue weighted by Gasteiger charge is 2.26. The molecule has 0 spiro atoms. The second-order valence-corrected chi connectivity index (χ2v) is 6.66. The minimum absolute atomic E-state index is 0.142. The van der Waals surface area contributed by atoms with Crippen molar-refractivity contribution < 1.29 is 8.42 Å². The first-order valence-corrected chi connectivity index (χ1v) is 7.49. The molecule has 1 aliphatic rings. The Morgan fingerprint density at radius 3 is 2.81 bits per heavy atom. The first kappa shape index (κ1) is 11.4. The molecule has 2 rings (SSSR count). The van der Waals surface area contributed by atoms with Crippen LogP contribution in [0.15, 0.2) is 6.20 Å². The Labute approximate surface area is 95.8 Å². The van der Waals surface area contributed by atoms with Crippen LogP contribution in [-0.2, 0) is 9.84 Å². The van der Waals surface area contributed by atoms with Gasteiger partial charge in [-0.15, -0.1) is 0 Å². The van der Waals surface area contributed by atoms with E-state index < -0.39 is 9.84 Å². The van der Waals surface area contributed by atoms with Crippen molar-refractivity contribution in [2.75, 3.05) is 23.9 Å². The van der Waals surface area contributed by atoms with E-state index in [1.165, 1.54) is 19.1 Å². The Morgan fingerprint density at radius 1 is 1.56 bits per heavy atom. The normalized spacial score (nSPS) is 16.4. The van der Waals surface area contributed by atoms with E-state index in [2.05, 4.69) is 14.9 Å². The number of hydrogen-bond donors (Lipinski definition) is 1. The molecule has 1 N–H and O–H groups in total. The molecule has 16 heavy (non-hydrogen) atoms. The van der Waals surface area contributed by atoms with E-state index in [4.69, 9.17) is 0 Å². The van der Waals surface area contributed by atoms with Crippen molar-refractivity contribution in [3.8, 4) is 0 Å². The molecule has 90 valence electrons. The fourth-order valence-electron chi connectivity index (χ4n) is 1.63. The number of nitrogens with zero attached hydrogens (tertiary/aromatic N) is 2. The summed E-state index contributed by atoms with van der Waals surface area (Å²) in [5.74, 6) is 0.937. The molecule has 1 fully saturated rings. The van der Waals surface area contributed by atoms with Crippen molar-refractivity contribution >= 4 is 15.8 Å². The van der Waals surface area contributed by atoms with Crippen LogP contribution in [0.4, 0.5) is 5.95 Å². The quantitative estimate of drug-likeness (QED) is 0.837. The summed E-state index contributed by atoms with van der Waals surface area (Å²) in [6.07, 6.45) is 5.64. The fourth-order valence-corrected chi connectivity index (χ4v) is 2.10. The van der Waals surface area contributed by atoms with Gasteiger partial charge < -0.3 is 9.88 Å². The highest BCUT2D eigenvalue weighted by atomic mass is 32.2. The van der Waals surface area contributed by atoms with Gasteiger partial charge in [0.2, 0.25) is 5.95 Å². The molecule has 1 aliphatic carbocycles. The summed E-state index contributed by atoms with van der Waals surface area (Å²) in [5, 5.41) is 3.08. The molecule has 6 heteroatoms. The Kier molecular flexibility index (Phi) is 2.92. The van der Waals surface area contributed by atoms with Crippen molar-refractivity contribution in [2.45, 2.75) is 25.8 Å². The van der Waals surface area contributed by atoms with Crippen molar-refractivity contribution in [3.05, 3.63) is 11.9 Å². The summed E-state index contributed by atoms with van der Waals surface area (Å²) in [6.45, 7) is 2.36. The molecule has 0 aromatic carbocycles. The molecule has 5 nitrogen and oxygen atoms in total. The number of anilines is 1. The molecule has 0 atom stereocenters. The molecule has 1 saturated carbocycles. The van der Waals surface area contributed by atoms with E-state index in [1.807, 2.05) is 13.1 Å². The SMILES string of the molecule is Cc1cn(C2CC2)c(NCCS(C)(=O)=O)n1. The molecular formula is C10H17N3O2S. The zero-order valence-corrected chi connectivity index (χ0v) is 10.4. The number of nitrogens with one attached hydrogen (secondary N) is 1. The summed E-state index contributed by atoms with van der Waals surface area (Å²) in [6, 6.07) is 0.557. The number of rotatable bonds is 5. The highest BCUT2D eigenvalue weighted by Crippen LogP contribution is 2.37. The van der Waals surface area contributed by atoms with Crippen molar-refractivity contribution in [1.29, 1.82) is 0 Å². The van der Waals surface area contributed by atoms with Crippen LogP contribution < -0.4 is 5.32 Å². The monoisotopic (exact) mass is 243 g/mol. The average Bonchev–Trinajstić information content (AvgIpc) is 2.90. The molecule has 1 aromatic rings. The standard InChI is InChI=1S/C10H17N3O2S/c1-8-7-13(9-3-4-9)10(12-8)11-5-6-16(2,14)15/h7,9H,3-6H2,1-2H3,(H,11,12). The molecule has 0 amide bonds. The Balaban J connectivity index is 1.98. The molecule has 0 radical (unpaired) electrons. The molecular weight excluding hydrogens is 226 g/mol. The first-order valence-electron chi connectivity index (χ1n) is 5.43. The molecule has 0 saturated heterocycles. The van der Waals surface area contributed by atoms with E-state index in [0.29, 0.717) is 12.6 Å². The third kappa shape index (κ3) is 2.98. The molecule has 0 bridgehead atoms. The molecule has 1 aromatic heterocycles. The van der Waals surface area contributed by atoms with Crippen molar-refractivity contribution in [3.63, 3.8) is 0 Å². The summed E-state index contributed by atoms with van der Waals surface area (Å²) >= 11 is 0. The lowest BCUT2D eigenvalue weighted by atomic mass is 10.5. The van der Waals surface area contributed by atoms with Gasteiger partial charge in [0.25, 0.3) is 0 Å². The lowest BCUT2D eigenvalue weighted by molar-refractivity contribution is 0.602. The van der Waals surface area contributed by atoms with E-state index in [1.54, 1.807) is 0 Å². The fraction of sp³-hybridized carbons (Fsp3) is 0.700. The van der Waals surface area contributed by atoms with Crippen LogP contribution in [0.25, 0.3) is 0 Å². The van der Waals surface area contributed by atoms with E-state index in [9.17, 15) is 8.42 Å². The summed E-state index contributed by atoms with van der Waals surface area (Å²) < 4.78 is 24.1. The maximum Gasteiger partial charge on any atom is 0.203 e. The number of imidazole rings is 1. The highest BCUT2D eigenvalue weighted by molar-refractivity contribution is 7.90. The van der Waals surface area contributed by atoms with E-state index in [0.717, 1.165) is 11.6 Å². The lowest BCUT2D eigenvalue weighted by Gasteiger charge is -2.07. The summed E-state index contributed by atoms with van der Waals surface area (Å²) in [4.78, 5) is 4.35. The molecule has 0 aliphatic heterocycles. The number of aromatic nitrogens is 2. The number of hydrogen-bond acceptors (Lipinski definition) is 4. The van der Waals surface area contributed by atoms with Crippen LogP contribution in [0.5, 0.6) is 0 Å². The predicted octanol–water partition coefficient (Wildman–Crippen LogP) is 0.983. The zero-order valence-electron chi connectivity index (χ0n) is 9.60. The van der Waals surface area contributed by atoms with Crippen LogP contribution in [0.3, 0.4) is 0 Å². The van der Waals surface area contributed by atoms with Gasteiger partial charge in [0, 0.05) is 25.0 Å². The van der Waals surface area contributed by atoms with E-state index in [-0.39, 0.29) is 5.75 Å². The third-order valence-corrected chi connectivity index (χ3v) is 3.49. The molecule has 1 heterocycles. The Hall–Kier alpha value is -1.04. The van der Waals surface area contributed by atoms with Crippen LogP contribution in [0.2, 0.25) is 0 Å². The maximum atomic E-state index is 11.0. The third-order valence-electron chi connectivity index (χ3n) is 2.55. The lowest BCUT2D eigenvalue weighted by Crippen LogP contribution is -2.16. The van der Waals surface area contributed by atoms with Gasteiger partial charge in [0.05, 0.1) is 11.4 Å². The van der Waals surface area contributed by atoms with Crippen molar-refractivity contribution in [2.24, 2.45) is 0 Å². The average molecular weight is 243 g/mol. The maximum absolute atomic E-state index is 11.0. The van der Waals surface area contributed by atoms with Gasteiger partial charge in [-0.05, 0) is 19.8 Å². The molecule has 0 unspecified atom stereocenters. The predicted molar refractivity (Wildman–Crippen MR) is 63.4 cm³/mol. The van der Waals surface area contributed by atoms with Gasteiger partial charge in [-0.2, -0.15) is 0 Å². The van der Waals surface area contributed by atoms with Crippen LogP contribution >= 0.6 is 0 Å². The van der Waals surface area contributed by atoms with Gasteiger partial charge in [-0.3, -0.25) is 0 Å². The minimum atomic E-state index is -2.90. The van der Waals surface area contributed by atoms with Gasteiger partial charge in [-0.1, -0.05) is 0 Å². The van der Waals surface area contributed by atoms with E-state index >= 15 is 0 Å². The van der Waals surface area contributed by atoms with Gasteiger partial charge >= 0.3 is 0 Å². The van der Waals surface area contributed by atoms with Gasteiger partial charge in [-0.25, -0.2) is 13.4 Å². The van der Waals surface area contributed by atoms with Gasteiger partial charge in [0.15, 0.2) is 0 Å². The van der Waals surface area contributed by atoms with Gasteiger partial charge in [0.1, 0.15) is 9.84 Å². The second-order valence-electron chi connectivity index (χ2n) is 4.40. The minimum Gasteiger partial charge on any atom is -0.355 e. The number of aryl methyl sites for hydroxylation is 1. The van der Waals surface area contributed by atoms with Crippen LogP contribution in [0.1, 0.15) is 24.6 Å². The largest absolute Gasteiger partial charge is 0.355 e. The van der Waals surface area contributed by atoms with Crippen molar-refractivity contribution in [1.82, 2.24) is 9.55 Å². The van der Waals surface area contributed by atoms with Crippen LogP contribution in [0, 0.1) is 6.92 Å². The topological polar surface area (TPSA) is 64.0 Å². The Bertz CT molecular complexity index is 474. The summed E-state index contributed by atoms with van der Waals surface area (Å²) in [5.41, 5.74) is 0.966. The Morgan fingerprint density at radius 2 is 2.25 bits per heavy atom. The number of sulfone groups is 1. The second kappa shape index (κ2) is 4.08. The van der Waals surface area contributed by atoms with Crippen LogP contribution in [-0.4, -0.2) is 36.5 Å². The smallest absolute Gasteiger partial charge is 0.203 e. The first-order chi connectivity index (χ1) is 7.46. The zero-order chi connectivity index (χ0) is 11.8.